The van der Waals surface area contributed by atoms with Gasteiger partial charge in [-0.2, -0.15) is 0 Å². The van der Waals surface area contributed by atoms with E-state index in [4.69, 9.17) is 26.0 Å². The highest BCUT2D eigenvalue weighted by Gasteiger charge is 2.06. The number of methoxy groups -OCH3 is 2. The Labute approximate surface area is 133 Å². The van der Waals surface area contributed by atoms with Crippen LogP contribution in [-0.2, 0) is 6.42 Å². The van der Waals surface area contributed by atoms with Gasteiger partial charge < -0.3 is 20.5 Å². The maximum absolute atomic E-state index is 7.96. The summed E-state index contributed by atoms with van der Waals surface area (Å²) in [5.74, 6) is 1.52. The van der Waals surface area contributed by atoms with Crippen LogP contribution in [0.4, 0.5) is 5.82 Å². The molecule has 0 radical (unpaired) electrons. The molecule has 5 N–H and O–H groups in total. The molecule has 0 aliphatic carbocycles. The maximum atomic E-state index is 7.96. The Morgan fingerprint density at radius 2 is 2.04 bits per heavy atom. The molecular formula is C15H20N6O2. The summed E-state index contributed by atoms with van der Waals surface area (Å²) in [4.78, 5) is 4.10. The lowest BCUT2D eigenvalue weighted by Gasteiger charge is -2.11. The minimum absolute atomic E-state index is 0.0484. The van der Waals surface area contributed by atoms with Gasteiger partial charge in [0.15, 0.2) is 28.8 Å². The van der Waals surface area contributed by atoms with E-state index in [1.807, 2.05) is 18.2 Å². The summed E-state index contributed by atoms with van der Waals surface area (Å²) in [6.45, 7) is 0.580. The number of nitrogens with zero attached hydrogens (tertiary/aromatic N) is 2. The van der Waals surface area contributed by atoms with Gasteiger partial charge in [-0.25, -0.2) is 4.98 Å². The molecule has 0 aliphatic heterocycles. The van der Waals surface area contributed by atoms with Crippen LogP contribution in [0.3, 0.4) is 0 Å². The quantitative estimate of drug-likeness (QED) is 0.463. The SMILES string of the molecule is COc1ccc(CCNc2nccn(C(=N)N)c2=N)cc1OC. The van der Waals surface area contributed by atoms with Crippen molar-refractivity contribution in [3.63, 3.8) is 0 Å². The minimum atomic E-state index is -0.222. The first-order chi connectivity index (χ1) is 11.1. The van der Waals surface area contributed by atoms with E-state index in [0.29, 0.717) is 23.9 Å². The molecule has 1 heterocycles. The molecule has 0 fully saturated rings. The first-order valence-electron chi connectivity index (χ1n) is 6.98. The third kappa shape index (κ3) is 3.79. The van der Waals surface area contributed by atoms with Gasteiger partial charge in [0.05, 0.1) is 14.2 Å². The standard InChI is InChI=1S/C15H20N6O2/c1-22-11-4-3-10(9-12(11)23-2)5-6-19-14-13(16)21(15(17)18)8-7-20-14/h3-4,7-9,16H,5-6H2,1-2H3,(H3,17,18)(H,19,20). The van der Waals surface area contributed by atoms with Gasteiger partial charge in [-0.05, 0) is 24.1 Å². The van der Waals surface area contributed by atoms with Crippen molar-refractivity contribution in [1.29, 1.82) is 10.8 Å². The zero-order valence-corrected chi connectivity index (χ0v) is 13.1. The van der Waals surface area contributed by atoms with Crippen molar-refractivity contribution in [2.24, 2.45) is 5.73 Å². The molecule has 2 rings (SSSR count). The van der Waals surface area contributed by atoms with Crippen LogP contribution in [-0.4, -0.2) is 36.3 Å². The van der Waals surface area contributed by atoms with E-state index in [0.717, 1.165) is 12.0 Å². The fraction of sp³-hybridized carbons (Fsp3) is 0.267. The smallest absolute Gasteiger partial charge is 0.198 e. The van der Waals surface area contributed by atoms with Crippen LogP contribution in [0.25, 0.3) is 0 Å². The molecule has 0 unspecified atom stereocenters. The Morgan fingerprint density at radius 3 is 2.70 bits per heavy atom. The predicted molar refractivity (Wildman–Crippen MR) is 87.1 cm³/mol. The van der Waals surface area contributed by atoms with Gasteiger partial charge in [-0.3, -0.25) is 15.4 Å². The second kappa shape index (κ2) is 7.30. The lowest BCUT2D eigenvalue weighted by Crippen LogP contribution is -2.34. The summed E-state index contributed by atoms with van der Waals surface area (Å²) in [5.41, 5.74) is 6.52. The molecule has 0 bridgehead atoms. The molecule has 122 valence electrons. The van der Waals surface area contributed by atoms with Gasteiger partial charge in [0.2, 0.25) is 0 Å². The number of aromatic nitrogens is 2. The van der Waals surface area contributed by atoms with E-state index in [-0.39, 0.29) is 11.4 Å². The van der Waals surface area contributed by atoms with Gasteiger partial charge in [-0.15, -0.1) is 0 Å². The summed E-state index contributed by atoms with van der Waals surface area (Å²) in [6, 6.07) is 5.73. The van der Waals surface area contributed by atoms with E-state index < -0.39 is 0 Å². The van der Waals surface area contributed by atoms with Gasteiger partial charge in [0.1, 0.15) is 0 Å². The molecule has 0 saturated carbocycles. The van der Waals surface area contributed by atoms with E-state index in [1.165, 1.54) is 17.0 Å². The largest absolute Gasteiger partial charge is 0.493 e. The van der Waals surface area contributed by atoms with Crippen LogP contribution < -0.4 is 26.0 Å². The minimum Gasteiger partial charge on any atom is -0.493 e. The summed E-state index contributed by atoms with van der Waals surface area (Å²) >= 11 is 0. The number of ether oxygens (including phenoxy) is 2. The number of anilines is 1. The average Bonchev–Trinajstić information content (AvgIpc) is 2.56. The maximum Gasteiger partial charge on any atom is 0.198 e. The van der Waals surface area contributed by atoms with E-state index in [1.54, 1.807) is 14.2 Å². The lowest BCUT2D eigenvalue weighted by atomic mass is 10.1. The van der Waals surface area contributed by atoms with Crippen molar-refractivity contribution in [3.05, 3.63) is 41.6 Å². The molecule has 1 aromatic carbocycles. The fourth-order valence-electron chi connectivity index (χ4n) is 2.12. The van der Waals surface area contributed by atoms with Crippen molar-refractivity contribution >= 4 is 11.8 Å². The molecule has 23 heavy (non-hydrogen) atoms. The fourth-order valence-corrected chi connectivity index (χ4v) is 2.12. The lowest BCUT2D eigenvalue weighted by molar-refractivity contribution is 0.354. The van der Waals surface area contributed by atoms with E-state index >= 15 is 0 Å². The second-order valence-electron chi connectivity index (χ2n) is 4.75. The van der Waals surface area contributed by atoms with Crippen LogP contribution in [0.2, 0.25) is 0 Å². The number of nitrogen functional groups attached to an aromatic ring is 1. The number of nitrogens with one attached hydrogen (secondary N) is 3. The Morgan fingerprint density at radius 1 is 1.30 bits per heavy atom. The number of rotatable bonds is 6. The molecule has 0 amide bonds. The van der Waals surface area contributed by atoms with Gasteiger partial charge in [0, 0.05) is 18.9 Å². The number of nitrogens with two attached hydrogens (primary N) is 1. The van der Waals surface area contributed by atoms with Crippen molar-refractivity contribution in [3.8, 4) is 11.5 Å². The van der Waals surface area contributed by atoms with Gasteiger partial charge in [0.25, 0.3) is 0 Å². The normalized spacial score (nSPS) is 10.2. The predicted octanol–water partition coefficient (Wildman–Crippen LogP) is 0.776. The van der Waals surface area contributed by atoms with Gasteiger partial charge >= 0.3 is 0 Å². The first-order valence-corrected chi connectivity index (χ1v) is 6.98. The van der Waals surface area contributed by atoms with Crippen molar-refractivity contribution in [1.82, 2.24) is 9.55 Å². The molecule has 8 nitrogen and oxygen atoms in total. The van der Waals surface area contributed by atoms with Crippen molar-refractivity contribution < 1.29 is 9.47 Å². The molecule has 0 aliphatic rings. The molecule has 2 aromatic rings. The zero-order valence-electron chi connectivity index (χ0n) is 13.1. The van der Waals surface area contributed by atoms with Crippen LogP contribution in [0.1, 0.15) is 5.56 Å². The van der Waals surface area contributed by atoms with Gasteiger partial charge in [-0.1, -0.05) is 6.07 Å². The van der Waals surface area contributed by atoms with Crippen LogP contribution in [0.15, 0.2) is 30.6 Å². The Balaban J connectivity index is 2.04. The molecule has 0 spiro atoms. The highest BCUT2D eigenvalue weighted by molar-refractivity contribution is 5.77. The molecule has 0 atom stereocenters. The molecule has 1 aromatic heterocycles. The highest BCUT2D eigenvalue weighted by Crippen LogP contribution is 2.27. The molecule has 0 saturated heterocycles. The Bertz CT molecular complexity index is 756. The monoisotopic (exact) mass is 316 g/mol. The number of benzene rings is 1. The summed E-state index contributed by atoms with van der Waals surface area (Å²) in [5, 5.41) is 18.4. The number of hydrogen-bond donors (Lipinski definition) is 4. The third-order valence-electron chi connectivity index (χ3n) is 3.30. The Kier molecular flexibility index (Phi) is 5.19. The topological polar surface area (TPSA) is 122 Å². The van der Waals surface area contributed by atoms with E-state index in [9.17, 15) is 0 Å². The van der Waals surface area contributed by atoms with Crippen molar-refractivity contribution in [2.75, 3.05) is 26.1 Å². The van der Waals surface area contributed by atoms with Crippen LogP contribution in [0, 0.1) is 10.8 Å². The van der Waals surface area contributed by atoms with Crippen LogP contribution >= 0.6 is 0 Å². The molecule has 8 heteroatoms. The summed E-state index contributed by atoms with van der Waals surface area (Å²) in [6.07, 6.45) is 3.69. The highest BCUT2D eigenvalue weighted by atomic mass is 16.5. The first kappa shape index (κ1) is 16.3. The Hall–Kier alpha value is -3.03. The van der Waals surface area contributed by atoms with Crippen molar-refractivity contribution in [2.45, 2.75) is 6.42 Å². The summed E-state index contributed by atoms with van der Waals surface area (Å²) in [7, 11) is 3.20. The zero-order chi connectivity index (χ0) is 16.8. The second-order valence-corrected chi connectivity index (χ2v) is 4.75. The van der Waals surface area contributed by atoms with E-state index in [2.05, 4.69) is 10.3 Å². The van der Waals surface area contributed by atoms with Crippen LogP contribution in [0.5, 0.6) is 11.5 Å². The average molecular weight is 316 g/mol. The number of hydrogen-bond acceptors (Lipinski definition) is 6. The molecular weight excluding hydrogens is 296 g/mol. The summed E-state index contributed by atoms with van der Waals surface area (Å²) < 4.78 is 11.7. The third-order valence-corrected chi connectivity index (χ3v) is 3.30.